The Bertz CT molecular complexity index is 846. The van der Waals surface area contributed by atoms with Crippen LogP contribution < -0.4 is 5.32 Å². The fourth-order valence-electron chi connectivity index (χ4n) is 3.70. The summed E-state index contributed by atoms with van der Waals surface area (Å²) >= 11 is 0. The van der Waals surface area contributed by atoms with Crippen LogP contribution in [-0.2, 0) is 14.3 Å². The summed E-state index contributed by atoms with van der Waals surface area (Å²) in [5, 5.41) is 3.79. The third-order valence-electron chi connectivity index (χ3n) is 5.37. The molecule has 8 nitrogen and oxygen atoms in total. The third-order valence-corrected chi connectivity index (χ3v) is 5.37. The summed E-state index contributed by atoms with van der Waals surface area (Å²) in [5.74, 6) is -1.18. The van der Waals surface area contributed by atoms with Gasteiger partial charge in [0.1, 0.15) is 5.69 Å². The molecule has 2 aliphatic heterocycles. The van der Waals surface area contributed by atoms with Gasteiger partial charge < -0.3 is 24.8 Å². The minimum absolute atomic E-state index is 0.00456. The summed E-state index contributed by atoms with van der Waals surface area (Å²) < 4.78 is 5.26. The van der Waals surface area contributed by atoms with Crippen molar-refractivity contribution >= 4 is 28.6 Å². The zero-order chi connectivity index (χ0) is 19.5. The summed E-state index contributed by atoms with van der Waals surface area (Å²) in [6, 6.07) is 9.57. The molecule has 0 saturated carbocycles. The molecule has 1 aromatic heterocycles. The largest absolute Gasteiger partial charge is 0.381 e. The third kappa shape index (κ3) is 3.87. The van der Waals surface area contributed by atoms with Crippen LogP contribution in [0.3, 0.4) is 0 Å². The lowest BCUT2D eigenvalue weighted by molar-refractivity contribution is -0.147. The highest BCUT2D eigenvalue weighted by Gasteiger charge is 2.30. The number of nitrogens with zero attached hydrogens (tertiary/aromatic N) is 2. The minimum Gasteiger partial charge on any atom is -0.381 e. The number of benzene rings is 1. The molecule has 2 aromatic rings. The van der Waals surface area contributed by atoms with Gasteiger partial charge in [0.25, 0.3) is 5.91 Å². The number of carbonyl (C=O) groups excluding carboxylic acids is 3. The molecule has 0 spiro atoms. The Labute approximate surface area is 162 Å². The van der Waals surface area contributed by atoms with Crippen LogP contribution in [-0.4, -0.2) is 77.9 Å². The second-order valence-electron chi connectivity index (χ2n) is 7.21. The van der Waals surface area contributed by atoms with E-state index < -0.39 is 11.8 Å². The van der Waals surface area contributed by atoms with Crippen molar-refractivity contribution in [2.24, 2.45) is 0 Å². The van der Waals surface area contributed by atoms with Gasteiger partial charge in [-0.1, -0.05) is 18.2 Å². The van der Waals surface area contributed by atoms with Gasteiger partial charge in [-0.25, -0.2) is 0 Å². The van der Waals surface area contributed by atoms with Crippen LogP contribution in [0.5, 0.6) is 0 Å². The summed E-state index contributed by atoms with van der Waals surface area (Å²) in [7, 11) is 0. The molecular weight excluding hydrogens is 360 g/mol. The first-order valence-electron chi connectivity index (χ1n) is 9.66. The highest BCUT2D eigenvalue weighted by atomic mass is 16.5. The number of fused-ring (bicyclic) bond motifs is 1. The average molecular weight is 384 g/mol. The van der Waals surface area contributed by atoms with Crippen molar-refractivity contribution in [3.63, 3.8) is 0 Å². The predicted octanol–water partition coefficient (Wildman–Crippen LogP) is 0.747. The number of aromatic nitrogens is 1. The molecule has 3 amide bonds. The number of nitrogens with one attached hydrogen (secondary N) is 2. The van der Waals surface area contributed by atoms with E-state index in [1.807, 2.05) is 30.3 Å². The van der Waals surface area contributed by atoms with Crippen molar-refractivity contribution in [1.29, 1.82) is 0 Å². The molecule has 0 bridgehead atoms. The molecule has 2 fully saturated rings. The van der Waals surface area contributed by atoms with Gasteiger partial charge in [0.2, 0.25) is 0 Å². The van der Waals surface area contributed by atoms with E-state index in [9.17, 15) is 14.4 Å². The van der Waals surface area contributed by atoms with Crippen molar-refractivity contribution in [1.82, 2.24) is 20.1 Å². The van der Waals surface area contributed by atoms with Gasteiger partial charge in [0.15, 0.2) is 0 Å². The monoisotopic (exact) mass is 384 g/mol. The molecule has 2 N–H and O–H groups in total. The number of ether oxygens (including phenoxy) is 1. The molecule has 0 unspecified atom stereocenters. The first kappa shape index (κ1) is 18.5. The topological polar surface area (TPSA) is 94.7 Å². The number of hydrogen-bond acceptors (Lipinski definition) is 4. The molecule has 28 heavy (non-hydrogen) atoms. The Kier molecular flexibility index (Phi) is 5.29. The molecule has 1 aromatic carbocycles. The number of piperazine rings is 1. The second kappa shape index (κ2) is 8.02. The maximum Gasteiger partial charge on any atom is 0.312 e. The van der Waals surface area contributed by atoms with E-state index in [1.165, 1.54) is 4.90 Å². The first-order chi connectivity index (χ1) is 13.6. The Morgan fingerprint density at radius 2 is 1.68 bits per heavy atom. The fraction of sp³-hybridized carbons (Fsp3) is 0.450. The van der Waals surface area contributed by atoms with Gasteiger partial charge in [0.05, 0.1) is 0 Å². The van der Waals surface area contributed by atoms with Gasteiger partial charge in [-0.3, -0.25) is 14.4 Å². The number of H-pyrrole nitrogens is 1. The van der Waals surface area contributed by atoms with E-state index in [2.05, 4.69) is 10.3 Å². The van der Waals surface area contributed by atoms with Crippen LogP contribution in [0.4, 0.5) is 0 Å². The van der Waals surface area contributed by atoms with Crippen molar-refractivity contribution < 1.29 is 19.1 Å². The van der Waals surface area contributed by atoms with Crippen LogP contribution in [0, 0.1) is 0 Å². The van der Waals surface area contributed by atoms with Crippen LogP contribution in [0.1, 0.15) is 23.3 Å². The van der Waals surface area contributed by atoms with E-state index in [4.69, 9.17) is 4.74 Å². The molecule has 0 atom stereocenters. The molecule has 2 saturated heterocycles. The minimum atomic E-state index is -0.567. The molecule has 148 valence electrons. The summed E-state index contributed by atoms with van der Waals surface area (Å²) in [6.45, 7) is 2.73. The smallest absolute Gasteiger partial charge is 0.312 e. The predicted molar refractivity (Wildman–Crippen MR) is 103 cm³/mol. The Morgan fingerprint density at radius 1 is 1.00 bits per heavy atom. The van der Waals surface area contributed by atoms with Gasteiger partial charge in [-0.2, -0.15) is 0 Å². The zero-order valence-corrected chi connectivity index (χ0v) is 15.6. The molecule has 3 heterocycles. The molecule has 2 aliphatic rings. The average Bonchev–Trinajstić information content (AvgIpc) is 3.18. The van der Waals surface area contributed by atoms with Crippen molar-refractivity contribution in [2.75, 3.05) is 39.4 Å². The van der Waals surface area contributed by atoms with Crippen LogP contribution in [0.25, 0.3) is 10.9 Å². The van der Waals surface area contributed by atoms with E-state index in [-0.39, 0.29) is 11.9 Å². The van der Waals surface area contributed by atoms with Gasteiger partial charge in [0, 0.05) is 56.3 Å². The molecule has 4 rings (SSSR count). The Morgan fingerprint density at radius 3 is 2.39 bits per heavy atom. The number of rotatable bonds is 2. The SMILES string of the molecule is O=C(NC1CCOCC1)C(=O)N1CCN(C(=O)c2cc3ccccc3[nH]2)CC1. The lowest BCUT2D eigenvalue weighted by atomic mass is 10.1. The fourth-order valence-corrected chi connectivity index (χ4v) is 3.70. The van der Waals surface area contributed by atoms with Gasteiger partial charge in [-0.15, -0.1) is 0 Å². The van der Waals surface area contributed by atoms with Crippen molar-refractivity contribution in [3.05, 3.63) is 36.0 Å². The van der Waals surface area contributed by atoms with Crippen molar-refractivity contribution in [2.45, 2.75) is 18.9 Å². The summed E-state index contributed by atoms with van der Waals surface area (Å²) in [5.41, 5.74) is 1.46. The molecule has 8 heteroatoms. The molecular formula is C20H24N4O4. The van der Waals surface area contributed by atoms with Crippen LogP contribution in [0.15, 0.2) is 30.3 Å². The second-order valence-corrected chi connectivity index (χ2v) is 7.21. The maximum atomic E-state index is 12.7. The van der Waals surface area contributed by atoms with Gasteiger partial charge in [-0.05, 0) is 25.0 Å². The quantitative estimate of drug-likeness (QED) is 0.747. The standard InChI is InChI=1S/C20H24N4O4/c25-18(21-15-5-11-28-12-6-15)20(27)24-9-7-23(8-10-24)19(26)17-13-14-3-1-2-4-16(14)22-17/h1-4,13,15,22H,5-12H2,(H,21,25). The van der Waals surface area contributed by atoms with E-state index in [0.29, 0.717) is 45.1 Å². The maximum absolute atomic E-state index is 12.7. The first-order valence-corrected chi connectivity index (χ1v) is 9.66. The summed E-state index contributed by atoms with van der Waals surface area (Å²) in [6.07, 6.45) is 1.46. The Balaban J connectivity index is 1.31. The zero-order valence-electron chi connectivity index (χ0n) is 15.6. The van der Waals surface area contributed by atoms with Crippen LogP contribution >= 0.6 is 0 Å². The lowest BCUT2D eigenvalue weighted by Gasteiger charge is -2.34. The van der Waals surface area contributed by atoms with E-state index >= 15 is 0 Å². The normalized spacial score (nSPS) is 18.3. The van der Waals surface area contributed by atoms with Gasteiger partial charge >= 0.3 is 11.8 Å². The molecule has 0 radical (unpaired) electrons. The highest BCUT2D eigenvalue weighted by Crippen LogP contribution is 2.17. The van der Waals surface area contributed by atoms with E-state index in [0.717, 1.165) is 23.7 Å². The number of carbonyl (C=O) groups is 3. The number of amides is 3. The number of hydrogen-bond donors (Lipinski definition) is 2. The molecule has 0 aliphatic carbocycles. The number of aromatic amines is 1. The van der Waals surface area contributed by atoms with E-state index in [1.54, 1.807) is 4.90 Å². The highest BCUT2D eigenvalue weighted by molar-refractivity contribution is 6.35. The van der Waals surface area contributed by atoms with Crippen LogP contribution in [0.2, 0.25) is 0 Å². The van der Waals surface area contributed by atoms with Crippen molar-refractivity contribution in [3.8, 4) is 0 Å². The Hall–Kier alpha value is -2.87. The summed E-state index contributed by atoms with van der Waals surface area (Å²) in [4.78, 5) is 43.7. The number of para-hydroxylation sites is 1. The lowest BCUT2D eigenvalue weighted by Crippen LogP contribution is -2.55.